The van der Waals surface area contributed by atoms with Crippen molar-refractivity contribution in [3.8, 4) is 0 Å². The van der Waals surface area contributed by atoms with Crippen molar-refractivity contribution in [3.05, 3.63) is 0 Å². The van der Waals surface area contributed by atoms with E-state index < -0.39 is 0 Å². The first kappa shape index (κ1) is 12.6. The van der Waals surface area contributed by atoms with Crippen molar-refractivity contribution in [2.45, 2.75) is 32.1 Å². The van der Waals surface area contributed by atoms with E-state index in [1.54, 1.807) is 4.90 Å². The van der Waals surface area contributed by atoms with Crippen molar-refractivity contribution >= 4 is 23.5 Å². The van der Waals surface area contributed by atoms with E-state index in [1.807, 2.05) is 11.8 Å². The number of amides is 1. The lowest BCUT2D eigenvalue weighted by molar-refractivity contribution is -0.127. The highest BCUT2D eigenvalue weighted by Gasteiger charge is 2.26. The molecule has 1 saturated heterocycles. The number of nitrogens with zero attached hydrogens (tertiary/aromatic N) is 1. The van der Waals surface area contributed by atoms with Gasteiger partial charge in [0.2, 0.25) is 5.91 Å². The summed E-state index contributed by atoms with van der Waals surface area (Å²) in [7, 11) is 0. The van der Waals surface area contributed by atoms with Gasteiger partial charge in [-0.05, 0) is 24.9 Å². The molecule has 3 nitrogen and oxygen atoms in total. The number of ketones is 1. The van der Waals surface area contributed by atoms with Gasteiger partial charge in [0, 0.05) is 6.54 Å². The molecule has 1 amide bonds. The molecule has 1 aliphatic rings. The molecule has 0 aromatic rings. The Bertz CT molecular complexity index is 231. The average molecular weight is 229 g/mol. The SMILES string of the molecule is CSCCCCCCN1CC(=O)CC1=O. The van der Waals surface area contributed by atoms with Crippen LogP contribution in [0.2, 0.25) is 0 Å². The fourth-order valence-corrected chi connectivity index (χ4v) is 2.24. The number of hydrogen-bond acceptors (Lipinski definition) is 3. The lowest BCUT2D eigenvalue weighted by atomic mass is 10.2. The van der Waals surface area contributed by atoms with Crippen LogP contribution >= 0.6 is 11.8 Å². The van der Waals surface area contributed by atoms with Crippen molar-refractivity contribution in [3.63, 3.8) is 0 Å². The fourth-order valence-electron chi connectivity index (χ4n) is 1.74. The molecule has 1 heterocycles. The summed E-state index contributed by atoms with van der Waals surface area (Å²) < 4.78 is 0. The van der Waals surface area contributed by atoms with Gasteiger partial charge < -0.3 is 4.90 Å². The lowest BCUT2D eigenvalue weighted by Crippen LogP contribution is -2.26. The van der Waals surface area contributed by atoms with E-state index in [2.05, 4.69) is 6.26 Å². The molecule has 0 aromatic heterocycles. The van der Waals surface area contributed by atoms with Crippen molar-refractivity contribution in [2.24, 2.45) is 0 Å². The topological polar surface area (TPSA) is 37.4 Å². The number of Topliss-reactive ketones (excluding diaryl/α,β-unsaturated/α-hetero) is 1. The minimum absolute atomic E-state index is 0.0177. The van der Waals surface area contributed by atoms with Crippen molar-refractivity contribution in [2.75, 3.05) is 25.1 Å². The number of carbonyl (C=O) groups is 2. The summed E-state index contributed by atoms with van der Waals surface area (Å²) >= 11 is 1.88. The second-order valence-electron chi connectivity index (χ2n) is 3.94. The maximum atomic E-state index is 11.3. The molecule has 0 saturated carbocycles. The van der Waals surface area contributed by atoms with E-state index in [9.17, 15) is 9.59 Å². The summed E-state index contributed by atoms with van der Waals surface area (Å²) in [5.74, 6) is 1.31. The van der Waals surface area contributed by atoms with Gasteiger partial charge in [-0.3, -0.25) is 9.59 Å². The summed E-state index contributed by atoms with van der Waals surface area (Å²) in [6, 6.07) is 0. The van der Waals surface area contributed by atoms with Gasteiger partial charge in [0.1, 0.15) is 0 Å². The Labute approximate surface area is 95.6 Å². The van der Waals surface area contributed by atoms with Gasteiger partial charge in [0.15, 0.2) is 5.78 Å². The van der Waals surface area contributed by atoms with Crippen molar-refractivity contribution < 1.29 is 9.59 Å². The molecule has 4 heteroatoms. The molecule has 0 bridgehead atoms. The molecule has 0 N–H and O–H groups in total. The smallest absolute Gasteiger partial charge is 0.230 e. The second-order valence-corrected chi connectivity index (χ2v) is 4.92. The van der Waals surface area contributed by atoms with E-state index in [4.69, 9.17) is 0 Å². The minimum Gasteiger partial charge on any atom is -0.335 e. The summed E-state index contributed by atoms with van der Waals surface area (Å²) in [6.07, 6.45) is 6.94. The third kappa shape index (κ3) is 4.69. The van der Waals surface area contributed by atoms with Gasteiger partial charge in [-0.25, -0.2) is 0 Å². The summed E-state index contributed by atoms with van der Waals surface area (Å²) in [5, 5.41) is 0. The predicted octanol–water partition coefficient (Wildman–Crippen LogP) is 1.71. The van der Waals surface area contributed by atoms with Crippen LogP contribution in [0.5, 0.6) is 0 Å². The maximum absolute atomic E-state index is 11.3. The zero-order chi connectivity index (χ0) is 11.1. The molecule has 86 valence electrons. The molecule has 0 aromatic carbocycles. The van der Waals surface area contributed by atoms with Gasteiger partial charge >= 0.3 is 0 Å². The van der Waals surface area contributed by atoms with Crippen LogP contribution in [0.3, 0.4) is 0 Å². The van der Waals surface area contributed by atoms with Crippen LogP contribution in [-0.2, 0) is 9.59 Å². The number of unbranched alkanes of at least 4 members (excludes halogenated alkanes) is 3. The molecule has 1 rings (SSSR count). The zero-order valence-corrected chi connectivity index (χ0v) is 10.1. The quantitative estimate of drug-likeness (QED) is 0.492. The summed E-state index contributed by atoms with van der Waals surface area (Å²) in [5.41, 5.74) is 0. The summed E-state index contributed by atoms with van der Waals surface area (Å²) in [6.45, 7) is 1.12. The number of likely N-dealkylation sites (tertiary alicyclic amines) is 1. The van der Waals surface area contributed by atoms with Crippen LogP contribution < -0.4 is 0 Å². The maximum Gasteiger partial charge on any atom is 0.230 e. The van der Waals surface area contributed by atoms with E-state index in [1.165, 1.54) is 25.0 Å². The molecular formula is C11H19NO2S. The molecule has 0 atom stereocenters. The number of carbonyl (C=O) groups excluding carboxylic acids is 2. The first-order valence-electron chi connectivity index (χ1n) is 5.52. The summed E-state index contributed by atoms with van der Waals surface area (Å²) in [4.78, 5) is 23.9. The van der Waals surface area contributed by atoms with Gasteiger partial charge in [0.05, 0.1) is 13.0 Å². The third-order valence-corrected chi connectivity index (χ3v) is 3.29. The van der Waals surface area contributed by atoms with Crippen LogP contribution in [0, 0.1) is 0 Å². The molecule has 0 aliphatic carbocycles. The Balaban J connectivity index is 2.00. The highest BCUT2D eigenvalue weighted by atomic mass is 32.2. The molecule has 0 unspecified atom stereocenters. The van der Waals surface area contributed by atoms with Crippen LogP contribution in [0.15, 0.2) is 0 Å². The second kappa shape index (κ2) is 6.88. The first-order valence-corrected chi connectivity index (χ1v) is 6.92. The van der Waals surface area contributed by atoms with E-state index in [0.717, 1.165) is 13.0 Å². The molecule has 0 spiro atoms. The Hall–Kier alpha value is -0.510. The fraction of sp³-hybridized carbons (Fsp3) is 0.818. The Morgan fingerprint density at radius 1 is 1.20 bits per heavy atom. The Morgan fingerprint density at radius 2 is 1.93 bits per heavy atom. The molecule has 0 radical (unpaired) electrons. The molecule has 15 heavy (non-hydrogen) atoms. The molecule has 1 aliphatic heterocycles. The van der Waals surface area contributed by atoms with Crippen LogP contribution in [0.4, 0.5) is 0 Å². The monoisotopic (exact) mass is 229 g/mol. The minimum atomic E-state index is 0.0177. The highest BCUT2D eigenvalue weighted by molar-refractivity contribution is 7.98. The highest BCUT2D eigenvalue weighted by Crippen LogP contribution is 2.10. The van der Waals surface area contributed by atoms with Crippen LogP contribution in [0.25, 0.3) is 0 Å². The Kier molecular flexibility index (Phi) is 5.76. The first-order chi connectivity index (χ1) is 7.24. The van der Waals surface area contributed by atoms with Crippen LogP contribution in [0.1, 0.15) is 32.1 Å². The zero-order valence-electron chi connectivity index (χ0n) is 9.33. The number of thioether (sulfide) groups is 1. The van der Waals surface area contributed by atoms with Gasteiger partial charge in [-0.1, -0.05) is 12.8 Å². The third-order valence-electron chi connectivity index (χ3n) is 2.59. The van der Waals surface area contributed by atoms with E-state index >= 15 is 0 Å². The van der Waals surface area contributed by atoms with Crippen molar-refractivity contribution in [1.82, 2.24) is 4.90 Å². The van der Waals surface area contributed by atoms with Gasteiger partial charge in [-0.15, -0.1) is 0 Å². The lowest BCUT2D eigenvalue weighted by Gasteiger charge is -2.13. The standard InChI is InChI=1S/C11H19NO2S/c1-15-7-5-3-2-4-6-12-9-10(13)8-11(12)14/h2-9H2,1H3. The molecule has 1 fully saturated rings. The normalized spacial score (nSPS) is 16.5. The number of rotatable bonds is 7. The van der Waals surface area contributed by atoms with Gasteiger partial charge in [0.25, 0.3) is 0 Å². The van der Waals surface area contributed by atoms with Gasteiger partial charge in [-0.2, -0.15) is 11.8 Å². The number of hydrogen-bond donors (Lipinski definition) is 0. The Morgan fingerprint density at radius 3 is 2.53 bits per heavy atom. The van der Waals surface area contributed by atoms with Crippen LogP contribution in [-0.4, -0.2) is 41.7 Å². The molecular weight excluding hydrogens is 210 g/mol. The van der Waals surface area contributed by atoms with E-state index in [0.29, 0.717) is 6.54 Å². The largest absolute Gasteiger partial charge is 0.335 e. The van der Waals surface area contributed by atoms with E-state index in [-0.39, 0.29) is 18.1 Å². The average Bonchev–Trinajstić information content (AvgIpc) is 2.51. The predicted molar refractivity (Wildman–Crippen MR) is 63.1 cm³/mol. The van der Waals surface area contributed by atoms with Crippen molar-refractivity contribution in [1.29, 1.82) is 0 Å².